The molecule has 0 aliphatic rings. The predicted octanol–water partition coefficient (Wildman–Crippen LogP) is 3.22. The average Bonchev–Trinajstić information content (AvgIpc) is 2.92. The molecule has 0 fully saturated rings. The van der Waals surface area contributed by atoms with Crippen molar-refractivity contribution in [2.45, 2.75) is 26.0 Å². The first-order valence-corrected chi connectivity index (χ1v) is 6.45. The maximum Gasteiger partial charge on any atom is 0.319 e. The summed E-state index contributed by atoms with van der Waals surface area (Å²) in [7, 11) is 0. The van der Waals surface area contributed by atoms with Crippen LogP contribution < -0.4 is 10.6 Å². The summed E-state index contributed by atoms with van der Waals surface area (Å²) in [5.41, 5.74) is 1.38. The van der Waals surface area contributed by atoms with Crippen molar-refractivity contribution in [3.8, 4) is 0 Å². The quantitative estimate of drug-likeness (QED) is 0.801. The second-order valence-electron chi connectivity index (χ2n) is 4.64. The van der Waals surface area contributed by atoms with Gasteiger partial charge in [0.2, 0.25) is 0 Å². The second-order valence-corrected chi connectivity index (χ2v) is 4.64. The van der Waals surface area contributed by atoms with Crippen LogP contribution in [-0.4, -0.2) is 11.1 Å². The standard InChI is InChI=1S/C15H18N2O3/c1-10(14-7-4-8-20-14)16-15(19)17-13-6-3-5-12(9-13)11(2)18/h3-11,18H,1-2H3,(H2,16,17,19). The lowest BCUT2D eigenvalue weighted by molar-refractivity contribution is 0.199. The van der Waals surface area contributed by atoms with Gasteiger partial charge in [0.05, 0.1) is 18.4 Å². The lowest BCUT2D eigenvalue weighted by Gasteiger charge is -2.13. The molecule has 20 heavy (non-hydrogen) atoms. The molecule has 0 bridgehead atoms. The summed E-state index contributed by atoms with van der Waals surface area (Å²) in [6.07, 6.45) is 0.999. The second kappa shape index (κ2) is 6.25. The molecule has 2 atom stereocenters. The summed E-state index contributed by atoms with van der Waals surface area (Å²) in [4.78, 5) is 11.9. The molecular formula is C15H18N2O3. The summed E-state index contributed by atoms with van der Waals surface area (Å²) in [5.74, 6) is 0.692. The predicted molar refractivity (Wildman–Crippen MR) is 76.4 cm³/mol. The number of rotatable bonds is 4. The van der Waals surface area contributed by atoms with Gasteiger partial charge < -0.3 is 20.2 Å². The van der Waals surface area contributed by atoms with Gasteiger partial charge in [0.25, 0.3) is 0 Å². The fourth-order valence-corrected chi connectivity index (χ4v) is 1.85. The van der Waals surface area contributed by atoms with Gasteiger partial charge in [0.15, 0.2) is 0 Å². The number of nitrogens with one attached hydrogen (secondary N) is 2. The minimum Gasteiger partial charge on any atom is -0.467 e. The molecule has 0 aliphatic carbocycles. The third kappa shape index (κ3) is 3.61. The highest BCUT2D eigenvalue weighted by Gasteiger charge is 2.12. The van der Waals surface area contributed by atoms with E-state index in [0.29, 0.717) is 11.4 Å². The van der Waals surface area contributed by atoms with E-state index in [9.17, 15) is 9.90 Å². The number of hydrogen-bond donors (Lipinski definition) is 3. The minimum atomic E-state index is -0.568. The van der Waals surface area contributed by atoms with Crippen LogP contribution in [-0.2, 0) is 0 Å². The van der Waals surface area contributed by atoms with Crippen molar-refractivity contribution < 1.29 is 14.3 Å². The van der Waals surface area contributed by atoms with Crippen LogP contribution in [0.4, 0.5) is 10.5 Å². The number of furan rings is 1. The molecule has 0 radical (unpaired) electrons. The summed E-state index contributed by atoms with van der Waals surface area (Å²) < 4.78 is 5.22. The lowest BCUT2D eigenvalue weighted by Crippen LogP contribution is -2.31. The van der Waals surface area contributed by atoms with Gasteiger partial charge in [-0.2, -0.15) is 0 Å². The van der Waals surface area contributed by atoms with Crippen LogP contribution in [0.5, 0.6) is 0 Å². The molecule has 5 nitrogen and oxygen atoms in total. The zero-order chi connectivity index (χ0) is 14.5. The van der Waals surface area contributed by atoms with E-state index in [0.717, 1.165) is 5.56 Å². The number of carbonyl (C=O) groups is 1. The van der Waals surface area contributed by atoms with Crippen molar-refractivity contribution in [2.24, 2.45) is 0 Å². The number of hydrogen-bond acceptors (Lipinski definition) is 3. The number of aliphatic hydroxyl groups is 1. The van der Waals surface area contributed by atoms with E-state index >= 15 is 0 Å². The molecular weight excluding hydrogens is 256 g/mol. The third-order valence-corrected chi connectivity index (χ3v) is 2.94. The van der Waals surface area contributed by atoms with E-state index in [-0.39, 0.29) is 12.1 Å². The van der Waals surface area contributed by atoms with Crippen molar-refractivity contribution in [3.63, 3.8) is 0 Å². The largest absolute Gasteiger partial charge is 0.467 e. The van der Waals surface area contributed by atoms with Crippen molar-refractivity contribution in [3.05, 3.63) is 54.0 Å². The summed E-state index contributed by atoms with van der Waals surface area (Å²) in [6, 6.07) is 10.1. The third-order valence-electron chi connectivity index (χ3n) is 2.94. The van der Waals surface area contributed by atoms with Gasteiger partial charge in [0.1, 0.15) is 5.76 Å². The average molecular weight is 274 g/mol. The molecule has 1 aromatic carbocycles. The first-order valence-electron chi connectivity index (χ1n) is 6.45. The van der Waals surface area contributed by atoms with Gasteiger partial charge in [-0.3, -0.25) is 0 Å². The Morgan fingerprint density at radius 3 is 2.70 bits per heavy atom. The van der Waals surface area contributed by atoms with Gasteiger partial charge in [-0.15, -0.1) is 0 Å². The molecule has 3 N–H and O–H groups in total. The SMILES string of the molecule is CC(O)c1cccc(NC(=O)NC(C)c2ccco2)c1. The first-order chi connectivity index (χ1) is 9.56. The molecule has 0 spiro atoms. The van der Waals surface area contributed by atoms with Gasteiger partial charge in [-0.05, 0) is 43.7 Å². The maximum absolute atomic E-state index is 11.9. The van der Waals surface area contributed by atoms with Crippen LogP contribution in [0.2, 0.25) is 0 Å². The summed E-state index contributed by atoms with van der Waals surface area (Å²) >= 11 is 0. The Hall–Kier alpha value is -2.27. The smallest absolute Gasteiger partial charge is 0.319 e. The Bertz CT molecular complexity index is 564. The number of carbonyl (C=O) groups excluding carboxylic acids is 1. The fraction of sp³-hybridized carbons (Fsp3) is 0.267. The van der Waals surface area contributed by atoms with E-state index in [4.69, 9.17) is 4.42 Å². The van der Waals surface area contributed by atoms with Crippen LogP contribution in [0.3, 0.4) is 0 Å². The molecule has 106 valence electrons. The van der Waals surface area contributed by atoms with Gasteiger partial charge >= 0.3 is 6.03 Å². The van der Waals surface area contributed by atoms with Gasteiger partial charge in [-0.1, -0.05) is 12.1 Å². The number of benzene rings is 1. The molecule has 5 heteroatoms. The first kappa shape index (κ1) is 14.1. The van der Waals surface area contributed by atoms with Crippen molar-refractivity contribution in [1.29, 1.82) is 0 Å². The molecule has 2 aromatic rings. The number of amides is 2. The van der Waals surface area contributed by atoms with E-state index < -0.39 is 6.10 Å². The molecule has 1 heterocycles. The monoisotopic (exact) mass is 274 g/mol. The maximum atomic E-state index is 11.9. The molecule has 0 saturated carbocycles. The lowest BCUT2D eigenvalue weighted by atomic mass is 10.1. The van der Waals surface area contributed by atoms with E-state index in [2.05, 4.69) is 10.6 Å². The highest BCUT2D eigenvalue weighted by Crippen LogP contribution is 2.17. The van der Waals surface area contributed by atoms with Gasteiger partial charge in [-0.25, -0.2) is 4.79 Å². The van der Waals surface area contributed by atoms with E-state index in [1.807, 2.05) is 6.92 Å². The van der Waals surface area contributed by atoms with Gasteiger partial charge in [0, 0.05) is 5.69 Å². The number of anilines is 1. The molecule has 2 rings (SSSR count). The molecule has 0 saturated heterocycles. The number of urea groups is 1. The van der Waals surface area contributed by atoms with Crippen molar-refractivity contribution in [1.82, 2.24) is 5.32 Å². The topological polar surface area (TPSA) is 74.5 Å². The molecule has 2 unspecified atom stereocenters. The Labute approximate surface area is 117 Å². The van der Waals surface area contributed by atoms with E-state index in [1.165, 1.54) is 0 Å². The van der Waals surface area contributed by atoms with E-state index in [1.54, 1.807) is 49.6 Å². The molecule has 0 aliphatic heterocycles. The Morgan fingerprint density at radius 2 is 2.05 bits per heavy atom. The molecule has 2 amide bonds. The van der Waals surface area contributed by atoms with Crippen LogP contribution in [0.15, 0.2) is 47.1 Å². The highest BCUT2D eigenvalue weighted by atomic mass is 16.3. The van der Waals surface area contributed by atoms with Crippen molar-refractivity contribution >= 4 is 11.7 Å². The Morgan fingerprint density at radius 1 is 1.25 bits per heavy atom. The number of aliphatic hydroxyl groups excluding tert-OH is 1. The van der Waals surface area contributed by atoms with Crippen LogP contribution >= 0.6 is 0 Å². The Kier molecular flexibility index (Phi) is 4.42. The van der Waals surface area contributed by atoms with Crippen LogP contribution in [0.1, 0.15) is 37.3 Å². The Balaban J connectivity index is 1.96. The normalized spacial score (nSPS) is 13.6. The van der Waals surface area contributed by atoms with Crippen LogP contribution in [0.25, 0.3) is 0 Å². The summed E-state index contributed by atoms with van der Waals surface area (Å²) in [6.45, 7) is 3.52. The molecule has 1 aromatic heterocycles. The van der Waals surface area contributed by atoms with Crippen LogP contribution in [0, 0.1) is 0 Å². The summed E-state index contributed by atoms with van der Waals surface area (Å²) in [5, 5.41) is 15.0. The van der Waals surface area contributed by atoms with Crippen molar-refractivity contribution in [2.75, 3.05) is 5.32 Å². The zero-order valence-electron chi connectivity index (χ0n) is 11.5. The fourth-order valence-electron chi connectivity index (χ4n) is 1.85. The highest BCUT2D eigenvalue weighted by molar-refractivity contribution is 5.89. The minimum absolute atomic E-state index is 0.218. The zero-order valence-corrected chi connectivity index (χ0v) is 11.5.